The lowest BCUT2D eigenvalue weighted by atomic mass is 10.3. The van der Waals surface area contributed by atoms with Crippen LogP contribution in [-0.2, 0) is 0 Å². The zero-order valence-electron chi connectivity index (χ0n) is 4.31. The van der Waals surface area contributed by atoms with Crippen molar-refractivity contribution in [2.75, 3.05) is 0 Å². The second kappa shape index (κ2) is 2.41. The zero-order chi connectivity index (χ0) is 6.91. The van der Waals surface area contributed by atoms with Gasteiger partial charge in [-0.25, -0.2) is 0 Å². The highest BCUT2D eigenvalue weighted by Crippen LogP contribution is 2.35. The Morgan fingerprint density at radius 2 is 2.00 bits per heavy atom. The van der Waals surface area contributed by atoms with Crippen LogP contribution >= 0.6 is 34.8 Å². The standard InChI is InChI=1S/C5H3Cl3N/c6-5(7,8)4-1-2-9-3-4/h1-3H. The van der Waals surface area contributed by atoms with Crippen molar-refractivity contribution in [3.63, 3.8) is 0 Å². The predicted octanol–water partition coefficient (Wildman–Crippen LogP) is 2.37. The lowest BCUT2D eigenvalue weighted by Crippen LogP contribution is -2.02. The van der Waals surface area contributed by atoms with Gasteiger partial charge in [0, 0.05) is 18.0 Å². The molecule has 0 N–H and O–H groups in total. The van der Waals surface area contributed by atoms with E-state index in [4.69, 9.17) is 34.8 Å². The average molecular weight is 183 g/mol. The van der Waals surface area contributed by atoms with E-state index in [0.717, 1.165) is 0 Å². The van der Waals surface area contributed by atoms with Gasteiger partial charge in [0.05, 0.1) is 0 Å². The first-order chi connectivity index (χ1) is 4.11. The van der Waals surface area contributed by atoms with Crippen molar-refractivity contribution in [1.29, 1.82) is 0 Å². The van der Waals surface area contributed by atoms with Gasteiger partial charge >= 0.3 is 0 Å². The maximum Gasteiger partial charge on any atom is 0.217 e. The van der Waals surface area contributed by atoms with Crippen molar-refractivity contribution in [1.82, 2.24) is 5.32 Å². The summed E-state index contributed by atoms with van der Waals surface area (Å²) in [5.74, 6) is 0. The SMILES string of the molecule is ClC(Cl)(Cl)C1=C[N]C=C1. The maximum absolute atomic E-state index is 5.49. The van der Waals surface area contributed by atoms with Gasteiger partial charge in [-0.3, -0.25) is 5.32 Å². The molecule has 1 aliphatic rings. The van der Waals surface area contributed by atoms with Gasteiger partial charge in [-0.1, -0.05) is 34.8 Å². The highest BCUT2D eigenvalue weighted by molar-refractivity contribution is 6.69. The number of nitrogens with zero attached hydrogens (tertiary/aromatic N) is 1. The fourth-order valence-corrected chi connectivity index (χ4v) is 0.793. The van der Waals surface area contributed by atoms with Crippen LogP contribution in [0.1, 0.15) is 0 Å². The molecule has 0 bridgehead atoms. The van der Waals surface area contributed by atoms with E-state index in [-0.39, 0.29) is 0 Å². The van der Waals surface area contributed by atoms with Gasteiger partial charge in [0.25, 0.3) is 0 Å². The van der Waals surface area contributed by atoms with Crippen LogP contribution in [0.2, 0.25) is 0 Å². The summed E-state index contributed by atoms with van der Waals surface area (Å²) < 4.78 is -1.32. The number of hydrogen-bond donors (Lipinski definition) is 0. The molecule has 0 saturated carbocycles. The van der Waals surface area contributed by atoms with Gasteiger partial charge in [-0.2, -0.15) is 0 Å². The molecule has 1 nitrogen and oxygen atoms in total. The zero-order valence-corrected chi connectivity index (χ0v) is 6.58. The summed E-state index contributed by atoms with van der Waals surface area (Å²) in [6.45, 7) is 0. The lowest BCUT2D eigenvalue weighted by Gasteiger charge is -2.07. The van der Waals surface area contributed by atoms with Crippen molar-refractivity contribution in [3.05, 3.63) is 24.0 Å². The van der Waals surface area contributed by atoms with Crippen molar-refractivity contribution >= 4 is 34.8 Å². The molecule has 9 heavy (non-hydrogen) atoms. The van der Waals surface area contributed by atoms with Crippen molar-refractivity contribution in [2.24, 2.45) is 0 Å². The number of alkyl halides is 3. The van der Waals surface area contributed by atoms with E-state index < -0.39 is 3.79 Å². The molecule has 0 spiro atoms. The molecule has 0 aromatic carbocycles. The third-order valence-corrected chi connectivity index (χ3v) is 1.54. The normalized spacial score (nSPS) is 17.4. The molecule has 0 saturated heterocycles. The average Bonchev–Trinajstić information content (AvgIpc) is 2.08. The molecular formula is C5H3Cl3N. The van der Waals surface area contributed by atoms with Gasteiger partial charge in [0.1, 0.15) is 0 Å². The molecule has 0 atom stereocenters. The summed E-state index contributed by atoms with van der Waals surface area (Å²) >= 11 is 16.5. The Labute approximate surface area is 68.3 Å². The molecule has 0 fully saturated rings. The molecule has 4 heteroatoms. The smallest absolute Gasteiger partial charge is 0.217 e. The Balaban J connectivity index is 2.73. The summed E-state index contributed by atoms with van der Waals surface area (Å²) in [5.41, 5.74) is 0.604. The van der Waals surface area contributed by atoms with Crippen molar-refractivity contribution < 1.29 is 0 Å². The van der Waals surface area contributed by atoms with Crippen LogP contribution in [0.25, 0.3) is 0 Å². The van der Waals surface area contributed by atoms with Gasteiger partial charge in [-0.15, -0.1) is 0 Å². The fourth-order valence-electron chi connectivity index (χ4n) is 0.457. The summed E-state index contributed by atoms with van der Waals surface area (Å²) in [5, 5.41) is 3.74. The minimum atomic E-state index is -1.32. The quantitative estimate of drug-likeness (QED) is 0.512. The molecule has 0 aromatic heterocycles. The van der Waals surface area contributed by atoms with Gasteiger partial charge in [0.15, 0.2) is 0 Å². The minimum Gasteiger partial charge on any atom is -0.264 e. The summed E-state index contributed by atoms with van der Waals surface area (Å²) in [4.78, 5) is 0. The topological polar surface area (TPSA) is 14.1 Å². The summed E-state index contributed by atoms with van der Waals surface area (Å²) in [7, 11) is 0. The Bertz CT molecular complexity index is 166. The second-order valence-electron chi connectivity index (χ2n) is 1.55. The Morgan fingerprint density at radius 1 is 1.33 bits per heavy atom. The molecular weight excluding hydrogens is 180 g/mol. The van der Waals surface area contributed by atoms with Gasteiger partial charge in [0.2, 0.25) is 3.79 Å². The van der Waals surface area contributed by atoms with E-state index in [1.807, 2.05) is 0 Å². The third-order valence-electron chi connectivity index (χ3n) is 0.881. The van der Waals surface area contributed by atoms with E-state index in [2.05, 4.69) is 5.32 Å². The summed E-state index contributed by atoms with van der Waals surface area (Å²) in [6, 6.07) is 0. The maximum atomic E-state index is 5.49. The fraction of sp³-hybridized carbons (Fsp3) is 0.200. The third kappa shape index (κ3) is 1.78. The summed E-state index contributed by atoms with van der Waals surface area (Å²) in [6.07, 6.45) is 4.76. The molecule has 1 aliphatic heterocycles. The lowest BCUT2D eigenvalue weighted by molar-refractivity contribution is 1.18. The monoisotopic (exact) mass is 182 g/mol. The van der Waals surface area contributed by atoms with E-state index in [9.17, 15) is 0 Å². The number of hydrogen-bond acceptors (Lipinski definition) is 0. The first-order valence-corrected chi connectivity index (χ1v) is 3.38. The molecule has 1 rings (SSSR count). The largest absolute Gasteiger partial charge is 0.264 e. The van der Waals surface area contributed by atoms with E-state index in [0.29, 0.717) is 5.57 Å². The Kier molecular flexibility index (Phi) is 1.94. The number of rotatable bonds is 0. The van der Waals surface area contributed by atoms with E-state index in [1.165, 1.54) is 6.20 Å². The minimum absolute atomic E-state index is 0.604. The van der Waals surface area contributed by atoms with Crippen LogP contribution in [0.15, 0.2) is 24.0 Å². The van der Waals surface area contributed by atoms with E-state index in [1.54, 1.807) is 12.3 Å². The van der Waals surface area contributed by atoms with Gasteiger partial charge < -0.3 is 0 Å². The molecule has 49 valence electrons. The molecule has 0 unspecified atom stereocenters. The van der Waals surface area contributed by atoms with Crippen LogP contribution in [0.5, 0.6) is 0 Å². The number of halogens is 3. The number of allylic oxidation sites excluding steroid dienone is 2. The van der Waals surface area contributed by atoms with Crippen LogP contribution in [0.3, 0.4) is 0 Å². The second-order valence-corrected chi connectivity index (χ2v) is 3.83. The predicted molar refractivity (Wildman–Crippen MR) is 39.6 cm³/mol. The first-order valence-electron chi connectivity index (χ1n) is 2.24. The van der Waals surface area contributed by atoms with Crippen LogP contribution in [0, 0.1) is 0 Å². The highest BCUT2D eigenvalue weighted by Gasteiger charge is 2.25. The molecule has 0 amide bonds. The van der Waals surface area contributed by atoms with Gasteiger partial charge in [-0.05, 0) is 6.08 Å². The van der Waals surface area contributed by atoms with Crippen LogP contribution < -0.4 is 5.32 Å². The molecule has 0 aliphatic carbocycles. The molecule has 1 radical (unpaired) electrons. The molecule has 0 aromatic rings. The first kappa shape index (κ1) is 7.26. The van der Waals surface area contributed by atoms with Crippen molar-refractivity contribution in [3.8, 4) is 0 Å². The van der Waals surface area contributed by atoms with Crippen LogP contribution in [0.4, 0.5) is 0 Å². The van der Waals surface area contributed by atoms with Crippen LogP contribution in [-0.4, -0.2) is 3.79 Å². The van der Waals surface area contributed by atoms with Crippen molar-refractivity contribution in [2.45, 2.75) is 3.79 Å². The highest BCUT2D eigenvalue weighted by atomic mass is 35.6. The Morgan fingerprint density at radius 3 is 2.22 bits per heavy atom. The molecule has 1 heterocycles. The Hall–Kier alpha value is 0.150. The van der Waals surface area contributed by atoms with E-state index >= 15 is 0 Å².